The summed E-state index contributed by atoms with van der Waals surface area (Å²) in [5, 5.41) is 5.58. The van der Waals surface area contributed by atoms with Gasteiger partial charge in [-0.05, 0) is 61.6 Å². The average molecular weight is 455 g/mol. The molecule has 0 bridgehead atoms. The summed E-state index contributed by atoms with van der Waals surface area (Å²) in [5.74, 6) is -0.270. The second kappa shape index (κ2) is 10.1. The Morgan fingerprint density at radius 1 is 1.12 bits per heavy atom. The third kappa shape index (κ3) is 5.97. The number of benzene rings is 2. The Bertz CT molecular complexity index is 1080. The Morgan fingerprint density at radius 3 is 2.48 bits per heavy atom. The second-order valence-corrected chi connectivity index (χ2v) is 9.12. The lowest BCUT2D eigenvalue weighted by atomic mass is 9.95. The van der Waals surface area contributed by atoms with Gasteiger partial charge in [-0.15, -0.1) is 0 Å². The molecule has 2 aromatic rings. The Kier molecular flexibility index (Phi) is 7.51. The SMILES string of the molecule is CC(=O)N[C@@H](CC(C)C)C(=O)NC[C@@H]1Cc2cc(C)cc(-c3cc(C(C)=O)ccc3F)c2O1. The maximum Gasteiger partial charge on any atom is 0.242 e. The van der Waals surface area contributed by atoms with Crippen LogP contribution < -0.4 is 15.4 Å². The van der Waals surface area contributed by atoms with Gasteiger partial charge in [0.15, 0.2) is 5.78 Å². The van der Waals surface area contributed by atoms with Crippen molar-refractivity contribution in [2.45, 2.75) is 59.6 Å². The first-order chi connectivity index (χ1) is 15.5. The number of Topliss-reactive ketones (excluding diaryl/α,β-unsaturated/α-hetero) is 1. The highest BCUT2D eigenvalue weighted by Crippen LogP contribution is 2.41. The van der Waals surface area contributed by atoms with Crippen molar-refractivity contribution in [2.75, 3.05) is 6.54 Å². The number of carbonyl (C=O) groups excluding carboxylic acids is 3. The van der Waals surface area contributed by atoms with E-state index in [2.05, 4.69) is 10.6 Å². The number of aryl methyl sites for hydroxylation is 1. The molecule has 0 saturated heterocycles. The first kappa shape index (κ1) is 24.4. The lowest BCUT2D eigenvalue weighted by Crippen LogP contribution is -2.48. The van der Waals surface area contributed by atoms with Gasteiger partial charge in [0.25, 0.3) is 0 Å². The van der Waals surface area contributed by atoms with Crippen LogP contribution in [-0.4, -0.2) is 36.3 Å². The predicted molar refractivity (Wildman–Crippen MR) is 125 cm³/mol. The second-order valence-electron chi connectivity index (χ2n) is 9.12. The molecule has 0 spiro atoms. The lowest BCUT2D eigenvalue weighted by Gasteiger charge is -2.20. The smallest absolute Gasteiger partial charge is 0.242 e. The molecule has 1 aliphatic heterocycles. The molecule has 2 amide bonds. The first-order valence-corrected chi connectivity index (χ1v) is 11.2. The van der Waals surface area contributed by atoms with Crippen LogP contribution in [0.15, 0.2) is 30.3 Å². The minimum atomic E-state index is -0.604. The standard InChI is InChI=1S/C26H31FN2O4/c1-14(2)8-24(29-17(5)31)26(32)28-13-20-11-19-9-15(3)10-22(25(19)33-20)21-12-18(16(4)30)6-7-23(21)27/h6-7,9-10,12,14,20,24H,8,11,13H2,1-5H3,(H,28,32)(H,29,31)/t20-,24-/m0/s1. The van der Waals surface area contributed by atoms with Crippen molar-refractivity contribution >= 4 is 17.6 Å². The average Bonchev–Trinajstić information content (AvgIpc) is 3.13. The summed E-state index contributed by atoms with van der Waals surface area (Å²) < 4.78 is 20.9. The zero-order valence-electron chi connectivity index (χ0n) is 19.8. The van der Waals surface area contributed by atoms with E-state index >= 15 is 0 Å². The molecule has 0 unspecified atom stereocenters. The quantitative estimate of drug-likeness (QED) is 0.591. The predicted octanol–water partition coefficient (Wildman–Crippen LogP) is 3.97. The number of fused-ring (bicyclic) bond motifs is 1. The molecule has 0 aliphatic carbocycles. The number of amides is 2. The van der Waals surface area contributed by atoms with Crippen molar-refractivity contribution in [3.63, 3.8) is 0 Å². The van der Waals surface area contributed by atoms with Gasteiger partial charge in [0, 0.05) is 30.0 Å². The molecule has 0 radical (unpaired) electrons. The fraction of sp³-hybridized carbons (Fsp3) is 0.423. The van der Waals surface area contributed by atoms with Gasteiger partial charge in [-0.2, -0.15) is 0 Å². The zero-order chi connectivity index (χ0) is 24.3. The summed E-state index contributed by atoms with van der Waals surface area (Å²) >= 11 is 0. The van der Waals surface area contributed by atoms with Crippen molar-refractivity contribution in [2.24, 2.45) is 5.92 Å². The fourth-order valence-electron chi connectivity index (χ4n) is 4.14. The molecule has 0 saturated carbocycles. The molecule has 1 heterocycles. The lowest BCUT2D eigenvalue weighted by molar-refractivity contribution is -0.128. The van der Waals surface area contributed by atoms with Gasteiger partial charge in [0.1, 0.15) is 23.7 Å². The topological polar surface area (TPSA) is 84.5 Å². The molecular formula is C26H31FN2O4. The van der Waals surface area contributed by atoms with Crippen LogP contribution >= 0.6 is 0 Å². The van der Waals surface area contributed by atoms with E-state index in [9.17, 15) is 18.8 Å². The molecule has 2 N–H and O–H groups in total. The van der Waals surface area contributed by atoms with Crippen LogP contribution in [0.5, 0.6) is 5.75 Å². The Balaban J connectivity index is 1.78. The molecule has 33 heavy (non-hydrogen) atoms. The molecule has 0 fully saturated rings. The molecule has 176 valence electrons. The summed E-state index contributed by atoms with van der Waals surface area (Å²) in [6, 6.07) is 7.55. The van der Waals surface area contributed by atoms with E-state index < -0.39 is 11.9 Å². The van der Waals surface area contributed by atoms with Crippen LogP contribution in [0.4, 0.5) is 4.39 Å². The van der Waals surface area contributed by atoms with Crippen molar-refractivity contribution in [3.05, 3.63) is 52.8 Å². The summed E-state index contributed by atoms with van der Waals surface area (Å²) in [6.07, 6.45) is 0.778. The highest BCUT2D eigenvalue weighted by molar-refractivity contribution is 5.95. The van der Waals surface area contributed by atoms with Gasteiger partial charge in [0.2, 0.25) is 11.8 Å². The number of ether oxygens (including phenoxy) is 1. The van der Waals surface area contributed by atoms with E-state index in [0.717, 1.165) is 11.1 Å². The normalized spacial score (nSPS) is 15.5. The molecule has 1 aliphatic rings. The molecule has 3 rings (SSSR count). The van der Waals surface area contributed by atoms with E-state index in [4.69, 9.17) is 4.74 Å². The number of hydrogen-bond donors (Lipinski definition) is 2. The summed E-state index contributed by atoms with van der Waals surface area (Å²) in [6.45, 7) is 9.00. The van der Waals surface area contributed by atoms with E-state index in [0.29, 0.717) is 35.3 Å². The third-order valence-corrected chi connectivity index (χ3v) is 5.61. The molecule has 7 heteroatoms. The number of hydrogen-bond acceptors (Lipinski definition) is 4. The maximum absolute atomic E-state index is 14.7. The van der Waals surface area contributed by atoms with E-state index in [1.807, 2.05) is 32.9 Å². The molecule has 6 nitrogen and oxygen atoms in total. The van der Waals surface area contributed by atoms with Gasteiger partial charge in [-0.3, -0.25) is 14.4 Å². The number of nitrogens with one attached hydrogen (secondary N) is 2. The third-order valence-electron chi connectivity index (χ3n) is 5.61. The monoisotopic (exact) mass is 454 g/mol. The van der Waals surface area contributed by atoms with E-state index in [-0.39, 0.29) is 36.2 Å². The highest BCUT2D eigenvalue weighted by Gasteiger charge is 2.29. The van der Waals surface area contributed by atoms with Crippen molar-refractivity contribution in [1.82, 2.24) is 10.6 Å². The van der Waals surface area contributed by atoms with Crippen LogP contribution in [-0.2, 0) is 16.0 Å². The minimum Gasteiger partial charge on any atom is -0.487 e. The van der Waals surface area contributed by atoms with E-state index in [1.54, 1.807) is 6.07 Å². The maximum atomic E-state index is 14.7. The highest BCUT2D eigenvalue weighted by atomic mass is 19.1. The van der Waals surface area contributed by atoms with Gasteiger partial charge >= 0.3 is 0 Å². The van der Waals surface area contributed by atoms with Crippen molar-refractivity contribution in [3.8, 4) is 16.9 Å². The number of carbonyl (C=O) groups is 3. The number of halogens is 1. The number of ketones is 1. The van der Waals surface area contributed by atoms with Crippen LogP contribution in [0.2, 0.25) is 0 Å². The molecule has 0 aromatic heterocycles. The van der Waals surface area contributed by atoms with Crippen molar-refractivity contribution in [1.29, 1.82) is 0 Å². The summed E-state index contributed by atoms with van der Waals surface area (Å²) in [5.41, 5.74) is 3.22. The van der Waals surface area contributed by atoms with Gasteiger partial charge < -0.3 is 15.4 Å². The molecule has 2 aromatic carbocycles. The van der Waals surface area contributed by atoms with Gasteiger partial charge in [-0.1, -0.05) is 19.9 Å². The van der Waals surface area contributed by atoms with Gasteiger partial charge in [-0.25, -0.2) is 4.39 Å². The first-order valence-electron chi connectivity index (χ1n) is 11.2. The molecular weight excluding hydrogens is 423 g/mol. The minimum absolute atomic E-state index is 0.142. The van der Waals surface area contributed by atoms with Crippen LogP contribution in [0.3, 0.4) is 0 Å². The molecule has 2 atom stereocenters. The fourth-order valence-corrected chi connectivity index (χ4v) is 4.14. The Morgan fingerprint density at radius 2 is 1.85 bits per heavy atom. The van der Waals surface area contributed by atoms with Crippen molar-refractivity contribution < 1.29 is 23.5 Å². The van der Waals surface area contributed by atoms with Crippen LogP contribution in [0.25, 0.3) is 11.1 Å². The zero-order valence-corrected chi connectivity index (χ0v) is 19.8. The summed E-state index contributed by atoms with van der Waals surface area (Å²) in [7, 11) is 0. The Labute approximate surface area is 193 Å². The van der Waals surface area contributed by atoms with Gasteiger partial charge in [0.05, 0.1) is 6.54 Å². The van der Waals surface area contributed by atoms with E-state index in [1.165, 1.54) is 26.0 Å². The number of rotatable bonds is 8. The van der Waals surface area contributed by atoms with Crippen LogP contribution in [0, 0.1) is 18.7 Å². The Hall–Kier alpha value is -3.22. The largest absolute Gasteiger partial charge is 0.487 e. The van der Waals surface area contributed by atoms with Crippen LogP contribution in [0.1, 0.15) is 55.6 Å². The summed E-state index contributed by atoms with van der Waals surface area (Å²) in [4.78, 5) is 36.0.